The zero-order valence-corrected chi connectivity index (χ0v) is 20.4. The summed E-state index contributed by atoms with van der Waals surface area (Å²) in [6.07, 6.45) is 4.97. The van der Waals surface area contributed by atoms with Crippen molar-refractivity contribution in [2.75, 3.05) is 51.2 Å². The molecule has 178 valence electrons. The van der Waals surface area contributed by atoms with Crippen LogP contribution in [0.5, 0.6) is 11.5 Å². The Morgan fingerprint density at radius 3 is 2.21 bits per heavy atom. The maximum absolute atomic E-state index is 13.7. The van der Waals surface area contributed by atoms with E-state index in [1.54, 1.807) is 18.9 Å². The molecule has 1 fully saturated rings. The van der Waals surface area contributed by atoms with Crippen LogP contribution in [0.3, 0.4) is 0 Å². The van der Waals surface area contributed by atoms with Crippen molar-refractivity contribution >= 4 is 11.4 Å². The summed E-state index contributed by atoms with van der Waals surface area (Å²) in [5.41, 5.74) is 6.51. The number of fused-ring (bicyclic) bond motifs is 1. The number of benzene rings is 2. The molecule has 3 aromatic rings. The highest BCUT2D eigenvalue weighted by Crippen LogP contribution is 2.35. The quantitative estimate of drug-likeness (QED) is 0.553. The van der Waals surface area contributed by atoms with Crippen LogP contribution in [-0.4, -0.2) is 51.2 Å². The van der Waals surface area contributed by atoms with Gasteiger partial charge >= 0.3 is 0 Å². The van der Waals surface area contributed by atoms with Gasteiger partial charge in [-0.2, -0.15) is 9.78 Å². The van der Waals surface area contributed by atoms with Crippen molar-refractivity contribution in [1.29, 1.82) is 0 Å². The van der Waals surface area contributed by atoms with Crippen molar-refractivity contribution in [3.8, 4) is 28.4 Å². The van der Waals surface area contributed by atoms with E-state index in [9.17, 15) is 4.79 Å². The van der Waals surface area contributed by atoms with Crippen molar-refractivity contribution in [1.82, 2.24) is 9.78 Å². The highest BCUT2D eigenvalue weighted by molar-refractivity contribution is 5.71. The molecule has 0 atom stereocenters. The molecule has 7 heteroatoms. The maximum Gasteiger partial charge on any atom is 0.275 e. The van der Waals surface area contributed by atoms with Gasteiger partial charge in [-0.1, -0.05) is 0 Å². The Labute approximate surface area is 200 Å². The van der Waals surface area contributed by atoms with Gasteiger partial charge in [-0.15, -0.1) is 0 Å². The number of ether oxygens (including phenoxy) is 2. The monoisotopic (exact) mass is 460 g/mol. The van der Waals surface area contributed by atoms with Crippen LogP contribution in [0, 0.1) is 0 Å². The van der Waals surface area contributed by atoms with E-state index in [-0.39, 0.29) is 5.56 Å². The minimum absolute atomic E-state index is 0.0206. The van der Waals surface area contributed by atoms with Crippen LogP contribution in [0.1, 0.15) is 30.4 Å². The summed E-state index contributed by atoms with van der Waals surface area (Å²) in [5.74, 6) is 1.40. The van der Waals surface area contributed by atoms with Gasteiger partial charge in [0.15, 0.2) is 0 Å². The van der Waals surface area contributed by atoms with Gasteiger partial charge in [-0.05, 0) is 68.0 Å². The third-order valence-corrected chi connectivity index (χ3v) is 6.92. The van der Waals surface area contributed by atoms with Crippen LogP contribution in [0.25, 0.3) is 16.9 Å². The molecule has 1 aromatic heterocycles. The maximum atomic E-state index is 13.7. The minimum Gasteiger partial charge on any atom is -0.497 e. The molecule has 5 rings (SSSR count). The molecule has 34 heavy (non-hydrogen) atoms. The summed E-state index contributed by atoms with van der Waals surface area (Å²) >= 11 is 0. The molecule has 0 bridgehead atoms. The lowest BCUT2D eigenvalue weighted by atomic mass is 10.0. The second-order valence-corrected chi connectivity index (χ2v) is 9.24. The van der Waals surface area contributed by atoms with E-state index in [1.165, 1.54) is 12.8 Å². The van der Waals surface area contributed by atoms with Gasteiger partial charge in [-0.25, -0.2) is 0 Å². The Balaban J connectivity index is 1.74. The molecular formula is C27H32N4O3. The number of nitrogens with zero attached hydrogens (tertiary/aromatic N) is 4. The molecule has 0 amide bonds. The summed E-state index contributed by atoms with van der Waals surface area (Å²) in [6.45, 7) is 2.09. The van der Waals surface area contributed by atoms with Crippen molar-refractivity contribution < 1.29 is 9.47 Å². The molecule has 2 aromatic carbocycles. The van der Waals surface area contributed by atoms with E-state index in [0.717, 1.165) is 71.8 Å². The molecule has 7 nitrogen and oxygen atoms in total. The molecule has 2 heterocycles. The number of aromatic nitrogens is 2. The number of anilines is 2. The van der Waals surface area contributed by atoms with E-state index in [0.29, 0.717) is 11.5 Å². The van der Waals surface area contributed by atoms with E-state index in [4.69, 9.17) is 14.6 Å². The van der Waals surface area contributed by atoms with Gasteiger partial charge in [0.05, 0.1) is 31.3 Å². The van der Waals surface area contributed by atoms with Gasteiger partial charge in [-0.3, -0.25) is 4.79 Å². The second-order valence-electron chi connectivity index (χ2n) is 9.24. The van der Waals surface area contributed by atoms with Gasteiger partial charge in [0.1, 0.15) is 11.5 Å². The Morgan fingerprint density at radius 2 is 1.56 bits per heavy atom. The van der Waals surface area contributed by atoms with Gasteiger partial charge < -0.3 is 19.3 Å². The van der Waals surface area contributed by atoms with E-state index in [2.05, 4.69) is 23.1 Å². The summed E-state index contributed by atoms with van der Waals surface area (Å²) < 4.78 is 12.6. The Morgan fingerprint density at radius 1 is 0.882 bits per heavy atom. The number of rotatable bonds is 6. The van der Waals surface area contributed by atoms with E-state index in [1.807, 2.05) is 37.2 Å². The van der Waals surface area contributed by atoms with Crippen molar-refractivity contribution in [2.45, 2.75) is 32.1 Å². The van der Waals surface area contributed by atoms with Gasteiger partial charge in [0.25, 0.3) is 5.56 Å². The Bertz CT molecular complexity index is 1250. The summed E-state index contributed by atoms with van der Waals surface area (Å²) in [6, 6.07) is 12.1. The molecular weight excluding hydrogens is 428 g/mol. The standard InChI is InChI=1S/C27H32N4O3/c1-29(2)24-11-10-19(30-12-5-6-13-30)16-25(24)31-27(32)23-9-7-8-22(23)26(28-31)18-14-20(33-3)17-21(15-18)34-4/h10-11,14-17H,5-9,12-13H2,1-4H3. The average Bonchev–Trinajstić information content (AvgIpc) is 3.56. The lowest BCUT2D eigenvalue weighted by molar-refractivity contribution is 0.394. The normalized spacial score (nSPS) is 14.9. The van der Waals surface area contributed by atoms with Gasteiger partial charge in [0, 0.05) is 50.1 Å². The predicted molar refractivity (Wildman–Crippen MR) is 136 cm³/mol. The third kappa shape index (κ3) is 3.89. The number of hydrogen-bond acceptors (Lipinski definition) is 6. The molecule has 0 N–H and O–H groups in total. The summed E-state index contributed by atoms with van der Waals surface area (Å²) in [5, 5.41) is 4.99. The van der Waals surface area contributed by atoms with Crippen LogP contribution < -0.4 is 24.8 Å². The van der Waals surface area contributed by atoms with Crippen molar-refractivity contribution in [2.24, 2.45) is 0 Å². The minimum atomic E-state index is -0.0206. The Kier molecular flexibility index (Phi) is 5.94. The molecule has 0 saturated carbocycles. The first-order valence-electron chi connectivity index (χ1n) is 12.0. The third-order valence-electron chi connectivity index (χ3n) is 6.92. The molecule has 1 saturated heterocycles. The molecule has 0 unspecified atom stereocenters. The van der Waals surface area contributed by atoms with Crippen LogP contribution in [0.2, 0.25) is 0 Å². The topological polar surface area (TPSA) is 59.8 Å². The van der Waals surface area contributed by atoms with Crippen molar-refractivity contribution in [3.63, 3.8) is 0 Å². The summed E-state index contributed by atoms with van der Waals surface area (Å²) in [7, 11) is 7.29. The van der Waals surface area contributed by atoms with Crippen LogP contribution >= 0.6 is 0 Å². The first kappa shape index (κ1) is 22.3. The molecule has 1 aliphatic carbocycles. The van der Waals surface area contributed by atoms with E-state index >= 15 is 0 Å². The second kappa shape index (κ2) is 9.05. The highest BCUT2D eigenvalue weighted by atomic mass is 16.5. The first-order chi connectivity index (χ1) is 16.5. The average molecular weight is 461 g/mol. The van der Waals surface area contributed by atoms with E-state index < -0.39 is 0 Å². The zero-order chi connectivity index (χ0) is 23.8. The lowest BCUT2D eigenvalue weighted by Gasteiger charge is -2.24. The molecule has 0 spiro atoms. The van der Waals surface area contributed by atoms with Gasteiger partial charge in [0.2, 0.25) is 0 Å². The number of methoxy groups -OCH3 is 2. The fourth-order valence-corrected chi connectivity index (χ4v) is 5.15. The smallest absolute Gasteiger partial charge is 0.275 e. The molecule has 1 aliphatic heterocycles. The number of hydrogen-bond donors (Lipinski definition) is 0. The Hall–Kier alpha value is -3.48. The fourth-order valence-electron chi connectivity index (χ4n) is 5.15. The molecule has 0 radical (unpaired) electrons. The first-order valence-corrected chi connectivity index (χ1v) is 12.0. The van der Waals surface area contributed by atoms with Crippen LogP contribution in [0.4, 0.5) is 11.4 Å². The van der Waals surface area contributed by atoms with Crippen LogP contribution in [0.15, 0.2) is 41.2 Å². The van der Waals surface area contributed by atoms with Crippen LogP contribution in [-0.2, 0) is 12.8 Å². The SMILES string of the molecule is COc1cc(OC)cc(-c2nn(-c3cc(N4CCCC4)ccc3N(C)C)c(=O)c3c2CCC3)c1. The lowest BCUT2D eigenvalue weighted by Crippen LogP contribution is -2.28. The fraction of sp³-hybridized carbons (Fsp3) is 0.407. The summed E-state index contributed by atoms with van der Waals surface area (Å²) in [4.78, 5) is 18.1. The highest BCUT2D eigenvalue weighted by Gasteiger charge is 2.25. The van der Waals surface area contributed by atoms with Crippen molar-refractivity contribution in [3.05, 3.63) is 57.9 Å². The predicted octanol–water partition coefficient (Wildman–Crippen LogP) is 4.07. The molecule has 2 aliphatic rings. The largest absolute Gasteiger partial charge is 0.497 e. The zero-order valence-electron chi connectivity index (χ0n) is 20.4.